The second-order valence-electron chi connectivity index (χ2n) is 3.97. The van der Waals surface area contributed by atoms with Crippen LogP contribution in [0, 0.1) is 0 Å². The molecular weight excluding hydrogens is 229 g/mol. The first-order chi connectivity index (χ1) is 9.36. The Morgan fingerprint density at radius 2 is 1.47 bits per heavy atom. The van der Waals surface area contributed by atoms with Crippen LogP contribution < -0.4 is 10.2 Å². The van der Waals surface area contributed by atoms with E-state index in [2.05, 4.69) is 52.7 Å². The summed E-state index contributed by atoms with van der Waals surface area (Å²) in [6.07, 6.45) is 1.05. The molecule has 0 bridgehead atoms. The highest BCUT2D eigenvalue weighted by molar-refractivity contribution is 7.09. The third-order valence-electron chi connectivity index (χ3n) is 2.46. The van der Waals surface area contributed by atoms with Crippen LogP contribution >= 0.6 is 0 Å². The zero-order valence-corrected chi connectivity index (χ0v) is 11.6. The normalized spacial score (nSPS) is 8.74. The standard InChI is InChI=1S/C8H10B3.C7H8O/c1-9-7-10-11-8-5-3-2-4-6-8;1-8-7-5-3-2-4-6-7/h2-6H,7H2,1H3;2-6H,1H3. The SMILES string of the molecule is COc1ccccc1.C[B]C[B][B]c1ccccc1. The average molecular weight is 247 g/mol. The molecule has 93 valence electrons. The highest BCUT2D eigenvalue weighted by Crippen LogP contribution is 2.05. The smallest absolute Gasteiger partial charge is 0.118 e. The fraction of sp³-hybridized carbons (Fsp3) is 0.200. The first-order valence-electron chi connectivity index (χ1n) is 6.45. The van der Waals surface area contributed by atoms with Gasteiger partial charge in [0, 0.05) is 0 Å². The summed E-state index contributed by atoms with van der Waals surface area (Å²) in [5, 5.41) is 0. The molecule has 0 spiro atoms. The maximum absolute atomic E-state index is 4.91. The molecule has 0 aliphatic rings. The van der Waals surface area contributed by atoms with Crippen LogP contribution in [0.15, 0.2) is 60.7 Å². The molecular formula is C15H18B3O. The summed E-state index contributed by atoms with van der Waals surface area (Å²) < 4.78 is 4.91. The molecule has 4 heteroatoms. The number of hydrogen-bond donors (Lipinski definition) is 0. The Kier molecular flexibility index (Phi) is 8.45. The molecule has 3 radical (unpaired) electrons. The maximum Gasteiger partial charge on any atom is 0.118 e. The van der Waals surface area contributed by atoms with Gasteiger partial charge in [-0.15, -0.1) is 6.22 Å². The monoisotopic (exact) mass is 247 g/mol. The van der Waals surface area contributed by atoms with Crippen molar-refractivity contribution < 1.29 is 4.74 Å². The number of rotatable bonds is 5. The summed E-state index contributed by atoms with van der Waals surface area (Å²) in [7, 11) is 8.10. The van der Waals surface area contributed by atoms with Crippen molar-refractivity contribution in [3.8, 4) is 5.75 Å². The van der Waals surface area contributed by atoms with Gasteiger partial charge in [-0.25, -0.2) is 0 Å². The molecule has 2 aromatic rings. The van der Waals surface area contributed by atoms with Gasteiger partial charge in [0.15, 0.2) is 0 Å². The van der Waals surface area contributed by atoms with Crippen molar-refractivity contribution in [1.29, 1.82) is 0 Å². The summed E-state index contributed by atoms with van der Waals surface area (Å²) in [6, 6.07) is 20.0. The van der Waals surface area contributed by atoms with Gasteiger partial charge in [-0.05, 0) is 12.1 Å². The van der Waals surface area contributed by atoms with Crippen molar-refractivity contribution in [1.82, 2.24) is 0 Å². The van der Waals surface area contributed by atoms with E-state index in [1.54, 1.807) is 7.11 Å². The van der Waals surface area contributed by atoms with Crippen LogP contribution in [0.2, 0.25) is 13.0 Å². The Morgan fingerprint density at radius 1 is 0.895 bits per heavy atom. The molecule has 0 amide bonds. The van der Waals surface area contributed by atoms with E-state index in [4.69, 9.17) is 4.74 Å². The molecule has 2 aromatic carbocycles. The topological polar surface area (TPSA) is 9.23 Å². The van der Waals surface area contributed by atoms with Gasteiger partial charge >= 0.3 is 0 Å². The Hall–Kier alpha value is -1.57. The highest BCUT2D eigenvalue weighted by atomic mass is 16.5. The van der Waals surface area contributed by atoms with Crippen LogP contribution in [0.5, 0.6) is 5.75 Å². The van der Waals surface area contributed by atoms with Crippen molar-refractivity contribution in [3.05, 3.63) is 60.7 Å². The summed E-state index contributed by atoms with van der Waals surface area (Å²) in [5.41, 5.74) is 1.27. The second-order valence-corrected chi connectivity index (χ2v) is 3.97. The highest BCUT2D eigenvalue weighted by Gasteiger charge is 1.93. The van der Waals surface area contributed by atoms with Crippen LogP contribution in [0.25, 0.3) is 0 Å². The first kappa shape index (κ1) is 15.5. The summed E-state index contributed by atoms with van der Waals surface area (Å²) in [6.45, 7) is 2.06. The minimum atomic E-state index is 0.910. The summed E-state index contributed by atoms with van der Waals surface area (Å²) in [4.78, 5) is 0. The minimum absolute atomic E-state index is 0.910. The van der Waals surface area contributed by atoms with Gasteiger partial charge in [-0.1, -0.05) is 60.8 Å². The summed E-state index contributed by atoms with van der Waals surface area (Å²) >= 11 is 0. The molecule has 0 aliphatic carbocycles. The number of para-hydroxylation sites is 1. The van der Waals surface area contributed by atoms with Crippen LogP contribution in [0.4, 0.5) is 0 Å². The van der Waals surface area contributed by atoms with E-state index in [0.29, 0.717) is 0 Å². The lowest BCUT2D eigenvalue weighted by molar-refractivity contribution is 0.415. The number of ether oxygens (including phenoxy) is 1. The van der Waals surface area contributed by atoms with Gasteiger partial charge in [0.1, 0.15) is 12.9 Å². The van der Waals surface area contributed by atoms with Gasteiger partial charge in [0.05, 0.1) is 21.6 Å². The van der Waals surface area contributed by atoms with Gasteiger partial charge in [0.25, 0.3) is 0 Å². The quantitative estimate of drug-likeness (QED) is 0.582. The van der Waals surface area contributed by atoms with Crippen LogP contribution in [-0.2, 0) is 0 Å². The van der Waals surface area contributed by atoms with E-state index in [0.717, 1.165) is 12.0 Å². The average Bonchev–Trinajstić information content (AvgIpc) is 2.50. The molecule has 0 unspecified atom stereocenters. The Labute approximate surface area is 119 Å². The number of benzene rings is 2. The van der Waals surface area contributed by atoms with E-state index >= 15 is 0 Å². The van der Waals surface area contributed by atoms with Crippen LogP contribution in [-0.4, -0.2) is 28.7 Å². The van der Waals surface area contributed by atoms with Gasteiger partial charge in [-0.3, -0.25) is 0 Å². The van der Waals surface area contributed by atoms with E-state index in [9.17, 15) is 0 Å². The lowest BCUT2D eigenvalue weighted by Gasteiger charge is -1.95. The molecule has 0 aromatic heterocycles. The van der Waals surface area contributed by atoms with Gasteiger partial charge in [0.2, 0.25) is 0 Å². The maximum atomic E-state index is 4.91. The lowest BCUT2D eigenvalue weighted by atomic mass is 9.31. The molecule has 0 saturated carbocycles. The Balaban J connectivity index is 0.000000200. The fourth-order valence-electron chi connectivity index (χ4n) is 1.46. The number of methoxy groups -OCH3 is 1. The molecule has 0 aliphatic heterocycles. The molecule has 0 N–H and O–H groups in total. The fourth-order valence-corrected chi connectivity index (χ4v) is 1.46. The minimum Gasteiger partial charge on any atom is -0.497 e. The predicted octanol–water partition coefficient (Wildman–Crippen LogP) is 2.46. The summed E-state index contributed by atoms with van der Waals surface area (Å²) in [5.74, 6) is 0.910. The zero-order valence-electron chi connectivity index (χ0n) is 11.6. The molecule has 1 nitrogen and oxygen atoms in total. The predicted molar refractivity (Wildman–Crippen MR) is 87.0 cm³/mol. The van der Waals surface area contributed by atoms with Gasteiger partial charge in [-0.2, -0.15) is 0 Å². The molecule has 0 saturated heterocycles. The zero-order chi connectivity index (χ0) is 13.8. The molecule has 19 heavy (non-hydrogen) atoms. The van der Waals surface area contributed by atoms with E-state index in [-0.39, 0.29) is 0 Å². The Morgan fingerprint density at radius 3 is 1.95 bits per heavy atom. The molecule has 0 atom stereocenters. The first-order valence-corrected chi connectivity index (χ1v) is 6.45. The molecule has 0 heterocycles. The van der Waals surface area contributed by atoms with Crippen molar-refractivity contribution in [2.24, 2.45) is 0 Å². The largest absolute Gasteiger partial charge is 0.497 e. The van der Waals surface area contributed by atoms with Crippen molar-refractivity contribution in [3.63, 3.8) is 0 Å². The molecule has 0 fully saturated rings. The van der Waals surface area contributed by atoms with Crippen molar-refractivity contribution >= 4 is 27.1 Å². The van der Waals surface area contributed by atoms with Crippen LogP contribution in [0.1, 0.15) is 0 Å². The third-order valence-corrected chi connectivity index (χ3v) is 2.46. The molecule has 2 rings (SSSR count). The number of hydrogen-bond acceptors (Lipinski definition) is 1. The van der Waals surface area contributed by atoms with Crippen molar-refractivity contribution in [2.45, 2.75) is 13.0 Å². The lowest BCUT2D eigenvalue weighted by Crippen LogP contribution is -2.20. The third kappa shape index (κ3) is 7.45. The Bertz CT molecular complexity index is 420. The van der Waals surface area contributed by atoms with E-state index < -0.39 is 0 Å². The van der Waals surface area contributed by atoms with Crippen LogP contribution in [0.3, 0.4) is 0 Å². The van der Waals surface area contributed by atoms with E-state index in [1.807, 2.05) is 36.4 Å². The van der Waals surface area contributed by atoms with E-state index in [1.165, 1.54) is 5.46 Å². The second kappa shape index (κ2) is 10.4. The van der Waals surface area contributed by atoms with Gasteiger partial charge < -0.3 is 4.74 Å². The van der Waals surface area contributed by atoms with Crippen molar-refractivity contribution in [2.75, 3.05) is 7.11 Å².